The van der Waals surface area contributed by atoms with E-state index in [1.165, 1.54) is 54.0 Å². The highest BCUT2D eigenvalue weighted by Gasteiger charge is 2.56. The zero-order valence-corrected chi connectivity index (χ0v) is 29.3. The van der Waals surface area contributed by atoms with Crippen LogP contribution in [0, 0.1) is 23.2 Å². The number of carbonyl (C=O) groups excluding carboxylic acids is 1. The van der Waals surface area contributed by atoms with Crippen LogP contribution in [0.5, 0.6) is 0 Å². The molecule has 0 saturated heterocycles. The van der Waals surface area contributed by atoms with Crippen molar-refractivity contribution in [2.75, 3.05) is 0 Å². The summed E-state index contributed by atoms with van der Waals surface area (Å²) >= 11 is 1.86. The number of hydrogen-bond donors (Lipinski definition) is 2. The zero-order chi connectivity index (χ0) is 32.2. The molecule has 5 nitrogen and oxygen atoms in total. The number of aryl methyl sites for hydroxylation is 1. The van der Waals surface area contributed by atoms with Gasteiger partial charge in [0.05, 0.1) is 17.6 Å². The average molecular weight is 638 g/mol. The van der Waals surface area contributed by atoms with E-state index in [0.29, 0.717) is 37.0 Å². The maximum absolute atomic E-state index is 13.0. The molecule has 0 radical (unpaired) electrons. The molecule has 1 heterocycles. The molecule has 0 unspecified atom stereocenters. The number of fused-ring (bicyclic) bond motifs is 1. The quantitative estimate of drug-likeness (QED) is 0.199. The lowest BCUT2D eigenvalue weighted by atomic mass is 9.60. The summed E-state index contributed by atoms with van der Waals surface area (Å²) in [7, 11) is 0. The minimum Gasteiger partial charge on any atom is -0.461 e. The van der Waals surface area contributed by atoms with Crippen LogP contribution < -0.4 is 0 Å². The summed E-state index contributed by atoms with van der Waals surface area (Å²) < 4.78 is 6.37. The maximum Gasteiger partial charge on any atom is 0.306 e. The van der Waals surface area contributed by atoms with E-state index in [0.717, 1.165) is 62.5 Å². The lowest BCUT2D eigenvalue weighted by Crippen LogP contribution is -2.37. The van der Waals surface area contributed by atoms with Gasteiger partial charge in [0.2, 0.25) is 0 Å². The number of aliphatic hydroxyl groups is 2. The first-order valence-corrected chi connectivity index (χ1v) is 19.0. The molecule has 1 aromatic heterocycles. The van der Waals surface area contributed by atoms with E-state index in [1.54, 1.807) is 0 Å². The standard InChI is InChI=1S/C39H59NO4S/c1-6-8-12-31-25-40-37(45-31)39(21-22-39)35(44-36(43)13-9-7-2)19-14-26(3)32-17-18-33-28(11-10-20-38(32,33)5)15-16-29-23-30(41)24-34(42)27(29)4/h15-16,25-26,30,32-35,41-42H,4,6-14,17-24H2,1-3,5H3/t26-,30-,32-,33+,34+,35+,38-/m1/s1. The zero-order valence-electron chi connectivity index (χ0n) is 28.5. The molecule has 0 aromatic carbocycles. The fourth-order valence-electron chi connectivity index (χ4n) is 9.09. The van der Waals surface area contributed by atoms with Crippen LogP contribution >= 0.6 is 11.3 Å². The van der Waals surface area contributed by atoms with Gasteiger partial charge in [-0.2, -0.15) is 0 Å². The Morgan fingerprint density at radius 3 is 2.67 bits per heavy atom. The van der Waals surface area contributed by atoms with Gasteiger partial charge >= 0.3 is 5.97 Å². The number of allylic oxidation sites excluding steroid dienone is 3. The Morgan fingerprint density at radius 2 is 1.93 bits per heavy atom. The van der Waals surface area contributed by atoms with Gasteiger partial charge in [0.1, 0.15) is 11.1 Å². The summed E-state index contributed by atoms with van der Waals surface area (Å²) in [6.45, 7) is 13.5. The number of nitrogens with zero attached hydrogens (tertiary/aromatic N) is 1. The van der Waals surface area contributed by atoms with E-state index in [1.807, 2.05) is 11.3 Å². The van der Waals surface area contributed by atoms with Crippen LogP contribution in [-0.2, 0) is 21.4 Å². The van der Waals surface area contributed by atoms with Crippen LogP contribution in [0.3, 0.4) is 0 Å². The van der Waals surface area contributed by atoms with E-state index in [9.17, 15) is 15.0 Å². The summed E-state index contributed by atoms with van der Waals surface area (Å²) in [5, 5.41) is 21.7. The van der Waals surface area contributed by atoms with Crippen LogP contribution in [-0.4, -0.2) is 39.5 Å². The largest absolute Gasteiger partial charge is 0.461 e. The van der Waals surface area contributed by atoms with E-state index < -0.39 is 12.2 Å². The van der Waals surface area contributed by atoms with Crippen LogP contribution in [0.25, 0.3) is 0 Å². The number of hydrogen-bond acceptors (Lipinski definition) is 6. The molecule has 0 spiro atoms. The number of ether oxygens (including phenoxy) is 1. The van der Waals surface area contributed by atoms with E-state index in [-0.39, 0.29) is 22.9 Å². The molecule has 2 N–H and O–H groups in total. The Morgan fingerprint density at radius 1 is 1.16 bits per heavy atom. The molecule has 4 saturated carbocycles. The first-order chi connectivity index (χ1) is 21.6. The van der Waals surface area contributed by atoms with E-state index in [2.05, 4.69) is 52.6 Å². The molecule has 4 aliphatic rings. The molecule has 4 fully saturated rings. The number of aliphatic hydroxyl groups excluding tert-OH is 2. The fraction of sp³-hybridized carbons (Fsp3) is 0.744. The van der Waals surface area contributed by atoms with Gasteiger partial charge in [0, 0.05) is 23.9 Å². The Kier molecular flexibility index (Phi) is 11.5. The van der Waals surface area contributed by atoms with Crippen LogP contribution in [0.1, 0.15) is 140 Å². The van der Waals surface area contributed by atoms with Gasteiger partial charge in [-0.05, 0) is 118 Å². The summed E-state index contributed by atoms with van der Waals surface area (Å²) in [5.41, 5.74) is 3.49. The van der Waals surface area contributed by atoms with Crippen molar-refractivity contribution in [1.82, 2.24) is 4.98 Å². The lowest BCUT2D eigenvalue weighted by Gasteiger charge is -2.44. The first-order valence-electron chi connectivity index (χ1n) is 18.2. The van der Waals surface area contributed by atoms with E-state index in [4.69, 9.17) is 9.72 Å². The molecule has 0 amide bonds. The molecule has 1 aromatic rings. The molecule has 45 heavy (non-hydrogen) atoms. The number of unbranched alkanes of at least 4 members (excludes halogenated alkanes) is 2. The smallest absolute Gasteiger partial charge is 0.306 e. The van der Waals surface area contributed by atoms with Gasteiger partial charge in [-0.1, -0.05) is 64.8 Å². The third-order valence-corrected chi connectivity index (χ3v) is 13.3. The lowest BCUT2D eigenvalue weighted by molar-refractivity contribution is -0.151. The summed E-state index contributed by atoms with van der Waals surface area (Å²) in [5.74, 6) is 1.76. The monoisotopic (exact) mass is 637 g/mol. The molecular weight excluding hydrogens is 578 g/mol. The van der Waals surface area contributed by atoms with Gasteiger partial charge in [0.15, 0.2) is 0 Å². The van der Waals surface area contributed by atoms with Crippen molar-refractivity contribution >= 4 is 17.3 Å². The van der Waals surface area contributed by atoms with Gasteiger partial charge in [-0.25, -0.2) is 4.98 Å². The predicted molar refractivity (Wildman–Crippen MR) is 184 cm³/mol. The van der Waals surface area contributed by atoms with Crippen molar-refractivity contribution in [2.24, 2.45) is 23.2 Å². The molecule has 6 heteroatoms. The van der Waals surface area contributed by atoms with Crippen LogP contribution in [0.4, 0.5) is 0 Å². The van der Waals surface area contributed by atoms with Gasteiger partial charge in [-0.3, -0.25) is 4.79 Å². The number of thiazole rings is 1. The van der Waals surface area contributed by atoms with Crippen molar-refractivity contribution in [1.29, 1.82) is 0 Å². The third-order valence-electron chi connectivity index (χ3n) is 12.0. The number of aromatic nitrogens is 1. The maximum atomic E-state index is 13.0. The van der Waals surface area contributed by atoms with Crippen molar-refractivity contribution in [3.05, 3.63) is 51.5 Å². The normalized spacial score (nSPS) is 32.4. The molecule has 0 aliphatic heterocycles. The minimum absolute atomic E-state index is 0.0340. The molecule has 4 aliphatic carbocycles. The highest BCUT2D eigenvalue weighted by Crippen LogP contribution is 2.60. The van der Waals surface area contributed by atoms with Gasteiger partial charge in [-0.15, -0.1) is 11.3 Å². The molecule has 0 bridgehead atoms. The average Bonchev–Trinajstić information content (AvgIpc) is 3.53. The van der Waals surface area contributed by atoms with Crippen molar-refractivity contribution in [3.63, 3.8) is 0 Å². The second-order valence-corrected chi connectivity index (χ2v) is 16.3. The number of esters is 1. The highest BCUT2D eigenvalue weighted by molar-refractivity contribution is 7.11. The Bertz CT molecular complexity index is 1240. The first kappa shape index (κ1) is 34.6. The Hall–Kier alpha value is -1.76. The molecule has 250 valence electrons. The van der Waals surface area contributed by atoms with Crippen molar-refractivity contribution < 1.29 is 19.7 Å². The second-order valence-electron chi connectivity index (χ2n) is 15.2. The SMILES string of the molecule is C=C1C(=CC=C2CCC[C@]3(C)[C@@H]([C@H](C)CC[C@H](OC(=O)CCCC)C4(c5ncc(CCCC)s5)CC4)CC[C@@H]23)C[C@@H](O)C[C@@H]1O. The topological polar surface area (TPSA) is 79.7 Å². The third kappa shape index (κ3) is 7.70. The Labute approximate surface area is 276 Å². The van der Waals surface area contributed by atoms with Gasteiger partial charge < -0.3 is 14.9 Å². The number of rotatable bonds is 14. The summed E-state index contributed by atoms with van der Waals surface area (Å²) in [6, 6.07) is 0. The molecular formula is C39H59NO4S. The van der Waals surface area contributed by atoms with Gasteiger partial charge in [0.25, 0.3) is 0 Å². The highest BCUT2D eigenvalue weighted by atomic mass is 32.1. The molecule has 7 atom stereocenters. The van der Waals surface area contributed by atoms with Crippen LogP contribution in [0.15, 0.2) is 41.6 Å². The summed E-state index contributed by atoms with van der Waals surface area (Å²) in [4.78, 5) is 19.3. The molecule has 5 rings (SSSR count). The number of carbonyl (C=O) groups is 1. The van der Waals surface area contributed by atoms with E-state index >= 15 is 0 Å². The Balaban J connectivity index is 1.28. The van der Waals surface area contributed by atoms with Crippen molar-refractivity contribution in [3.8, 4) is 0 Å². The predicted octanol–water partition coefficient (Wildman–Crippen LogP) is 9.18. The minimum atomic E-state index is -0.644. The summed E-state index contributed by atoms with van der Waals surface area (Å²) in [6.07, 6.45) is 22.4. The fourth-order valence-corrected chi connectivity index (χ4v) is 10.3. The van der Waals surface area contributed by atoms with Crippen LogP contribution in [0.2, 0.25) is 0 Å². The second kappa shape index (κ2) is 15.0. The van der Waals surface area contributed by atoms with Crippen molar-refractivity contribution in [2.45, 2.75) is 161 Å².